The SMILES string of the molecule is C=C(C)C(=C)\C(N=C(C)c1ccc(C)cc1C)=C(C)/C=C\C=C/C. The maximum Gasteiger partial charge on any atom is 0.0731 e. The molecule has 1 aromatic rings. The maximum atomic E-state index is 4.90. The summed E-state index contributed by atoms with van der Waals surface area (Å²) >= 11 is 0. The molecule has 1 nitrogen and oxygen atoms in total. The highest BCUT2D eigenvalue weighted by Crippen LogP contribution is 2.23. The summed E-state index contributed by atoms with van der Waals surface area (Å²) in [6, 6.07) is 6.44. The number of benzene rings is 1. The van der Waals surface area contributed by atoms with Crippen molar-refractivity contribution in [3.05, 3.63) is 94.8 Å². The quantitative estimate of drug-likeness (QED) is 0.411. The highest BCUT2D eigenvalue weighted by atomic mass is 14.8. The van der Waals surface area contributed by atoms with Crippen molar-refractivity contribution < 1.29 is 0 Å². The van der Waals surface area contributed by atoms with Gasteiger partial charge in [-0.15, -0.1) is 0 Å². The molecule has 1 heteroatoms. The van der Waals surface area contributed by atoms with Crippen LogP contribution in [0.1, 0.15) is 44.4 Å². The molecule has 0 aliphatic rings. The summed E-state index contributed by atoms with van der Waals surface area (Å²) in [5.41, 5.74) is 8.42. The number of hydrogen-bond acceptors (Lipinski definition) is 1. The predicted molar refractivity (Wildman–Crippen MR) is 109 cm³/mol. The van der Waals surface area contributed by atoms with Crippen LogP contribution >= 0.6 is 0 Å². The van der Waals surface area contributed by atoms with Gasteiger partial charge in [-0.3, -0.25) is 4.99 Å². The average Bonchev–Trinajstić information content (AvgIpc) is 2.51. The van der Waals surface area contributed by atoms with E-state index >= 15 is 0 Å². The first kappa shape index (κ1) is 19.6. The van der Waals surface area contributed by atoms with Gasteiger partial charge < -0.3 is 0 Å². The van der Waals surface area contributed by atoms with Crippen molar-refractivity contribution in [2.24, 2.45) is 4.99 Å². The maximum absolute atomic E-state index is 4.90. The lowest BCUT2D eigenvalue weighted by atomic mass is 10.0. The molecule has 0 unspecified atom stereocenters. The fraction of sp³-hybridized carbons (Fsp3) is 0.261. The minimum absolute atomic E-state index is 0.877. The fourth-order valence-electron chi connectivity index (χ4n) is 2.43. The van der Waals surface area contributed by atoms with Gasteiger partial charge in [-0.25, -0.2) is 0 Å². The Balaban J connectivity index is 3.41. The molecule has 0 saturated carbocycles. The third-order valence-electron chi connectivity index (χ3n) is 3.88. The molecule has 1 rings (SSSR count). The standard InChI is InChI=1S/C23H29N/c1-9-10-11-12-18(5)23(20(7)16(2)3)24-21(8)22-14-13-17(4)15-19(22)6/h9-15H,2,7H2,1,3-6,8H3/b10-9-,12-11-,23-18+,24-21?. The topological polar surface area (TPSA) is 12.4 Å². The third-order valence-corrected chi connectivity index (χ3v) is 3.88. The zero-order chi connectivity index (χ0) is 18.3. The van der Waals surface area contributed by atoms with E-state index in [0.717, 1.165) is 33.7 Å². The molecule has 0 atom stereocenters. The molecule has 0 heterocycles. The second kappa shape index (κ2) is 9.02. The lowest BCUT2D eigenvalue weighted by Crippen LogP contribution is -2.01. The van der Waals surface area contributed by atoms with Crippen LogP contribution in [0, 0.1) is 13.8 Å². The van der Waals surface area contributed by atoms with Crippen molar-refractivity contribution in [2.45, 2.75) is 41.5 Å². The fourth-order valence-corrected chi connectivity index (χ4v) is 2.43. The average molecular weight is 319 g/mol. The van der Waals surface area contributed by atoms with Crippen molar-refractivity contribution in [1.82, 2.24) is 0 Å². The second-order valence-corrected chi connectivity index (χ2v) is 6.19. The number of rotatable bonds is 6. The van der Waals surface area contributed by atoms with Crippen LogP contribution in [0.2, 0.25) is 0 Å². The van der Waals surface area contributed by atoms with Crippen LogP contribution in [0.25, 0.3) is 0 Å². The van der Waals surface area contributed by atoms with Crippen molar-refractivity contribution in [1.29, 1.82) is 0 Å². The molecule has 0 fully saturated rings. The molecule has 126 valence electrons. The van der Waals surface area contributed by atoms with Crippen LogP contribution in [0.3, 0.4) is 0 Å². The lowest BCUT2D eigenvalue weighted by molar-refractivity contribution is 1.22. The number of aryl methyl sites for hydroxylation is 2. The molecule has 0 aliphatic carbocycles. The van der Waals surface area contributed by atoms with E-state index in [1.54, 1.807) is 0 Å². The molecule has 0 saturated heterocycles. The number of nitrogens with zero attached hydrogens (tertiary/aromatic N) is 1. The molecule has 1 aromatic carbocycles. The van der Waals surface area contributed by atoms with E-state index in [1.165, 1.54) is 11.1 Å². The van der Waals surface area contributed by atoms with E-state index in [0.29, 0.717) is 0 Å². The van der Waals surface area contributed by atoms with Gasteiger partial charge in [0.2, 0.25) is 0 Å². The van der Waals surface area contributed by atoms with Crippen LogP contribution in [0.5, 0.6) is 0 Å². The largest absolute Gasteiger partial charge is 0.252 e. The Morgan fingerprint density at radius 2 is 1.71 bits per heavy atom. The molecule has 0 spiro atoms. The normalized spacial score (nSPS) is 13.5. The summed E-state index contributed by atoms with van der Waals surface area (Å²) in [6.45, 7) is 20.5. The van der Waals surface area contributed by atoms with Crippen LogP contribution in [0.4, 0.5) is 0 Å². The van der Waals surface area contributed by atoms with Gasteiger partial charge in [-0.05, 0) is 69.4 Å². The number of aliphatic imine (C=N–C) groups is 1. The second-order valence-electron chi connectivity index (χ2n) is 6.19. The Labute approximate surface area is 147 Å². The number of allylic oxidation sites excluding steroid dienone is 6. The van der Waals surface area contributed by atoms with Crippen molar-refractivity contribution in [3.63, 3.8) is 0 Å². The minimum atomic E-state index is 0.877. The van der Waals surface area contributed by atoms with Crippen LogP contribution in [0.15, 0.2) is 83.1 Å². The Hall–Kier alpha value is -2.41. The van der Waals surface area contributed by atoms with Crippen molar-refractivity contribution >= 4 is 5.71 Å². The van der Waals surface area contributed by atoms with Gasteiger partial charge in [0.1, 0.15) is 0 Å². The monoisotopic (exact) mass is 319 g/mol. The third kappa shape index (κ3) is 5.34. The first-order chi connectivity index (χ1) is 11.3. The van der Waals surface area contributed by atoms with E-state index < -0.39 is 0 Å². The summed E-state index contributed by atoms with van der Waals surface area (Å²) in [5.74, 6) is 0. The molecule has 0 amide bonds. The van der Waals surface area contributed by atoms with Gasteiger partial charge in [-0.1, -0.05) is 61.2 Å². The smallest absolute Gasteiger partial charge is 0.0731 e. The van der Waals surface area contributed by atoms with E-state index in [2.05, 4.69) is 58.2 Å². The predicted octanol–water partition coefficient (Wildman–Crippen LogP) is 6.65. The van der Waals surface area contributed by atoms with E-state index in [4.69, 9.17) is 4.99 Å². The summed E-state index contributed by atoms with van der Waals surface area (Å²) in [5, 5.41) is 0. The van der Waals surface area contributed by atoms with Gasteiger partial charge in [0.25, 0.3) is 0 Å². The zero-order valence-corrected chi connectivity index (χ0v) is 15.9. The molecule has 0 aliphatic heterocycles. The minimum Gasteiger partial charge on any atom is -0.252 e. The summed E-state index contributed by atoms with van der Waals surface area (Å²) in [7, 11) is 0. The summed E-state index contributed by atoms with van der Waals surface area (Å²) in [4.78, 5) is 4.90. The first-order valence-corrected chi connectivity index (χ1v) is 8.26. The van der Waals surface area contributed by atoms with E-state index in [1.807, 2.05) is 39.0 Å². The van der Waals surface area contributed by atoms with Crippen molar-refractivity contribution in [3.8, 4) is 0 Å². The van der Waals surface area contributed by atoms with Gasteiger partial charge in [0.05, 0.1) is 5.70 Å². The Morgan fingerprint density at radius 3 is 2.25 bits per heavy atom. The molecule has 0 aromatic heterocycles. The molecular formula is C23H29N. The van der Waals surface area contributed by atoms with Gasteiger partial charge in [-0.2, -0.15) is 0 Å². The lowest BCUT2D eigenvalue weighted by Gasteiger charge is -2.12. The summed E-state index contributed by atoms with van der Waals surface area (Å²) < 4.78 is 0. The zero-order valence-electron chi connectivity index (χ0n) is 15.9. The van der Waals surface area contributed by atoms with Crippen LogP contribution in [-0.2, 0) is 0 Å². The molecule has 0 N–H and O–H groups in total. The molecular weight excluding hydrogens is 290 g/mol. The van der Waals surface area contributed by atoms with E-state index in [9.17, 15) is 0 Å². The van der Waals surface area contributed by atoms with Crippen LogP contribution in [-0.4, -0.2) is 5.71 Å². The number of hydrogen-bond donors (Lipinski definition) is 0. The van der Waals surface area contributed by atoms with E-state index in [-0.39, 0.29) is 0 Å². The van der Waals surface area contributed by atoms with Crippen molar-refractivity contribution in [2.75, 3.05) is 0 Å². The van der Waals surface area contributed by atoms with Gasteiger partial charge >= 0.3 is 0 Å². The first-order valence-electron chi connectivity index (χ1n) is 8.26. The Bertz CT molecular complexity index is 752. The molecule has 0 radical (unpaired) electrons. The van der Waals surface area contributed by atoms with Crippen LogP contribution < -0.4 is 0 Å². The van der Waals surface area contributed by atoms with Gasteiger partial charge in [0.15, 0.2) is 0 Å². The highest BCUT2D eigenvalue weighted by Gasteiger charge is 2.09. The Morgan fingerprint density at radius 1 is 1.04 bits per heavy atom. The molecule has 24 heavy (non-hydrogen) atoms. The molecule has 0 bridgehead atoms. The Kier molecular flexibility index (Phi) is 7.38. The summed E-state index contributed by atoms with van der Waals surface area (Å²) in [6.07, 6.45) is 8.08. The van der Waals surface area contributed by atoms with Gasteiger partial charge in [0, 0.05) is 5.71 Å². The highest BCUT2D eigenvalue weighted by molar-refractivity contribution is 6.01.